The average Bonchev–Trinajstić information content (AvgIpc) is 2.60. The van der Waals surface area contributed by atoms with Crippen LogP contribution in [0.5, 0.6) is 11.5 Å². The predicted molar refractivity (Wildman–Crippen MR) is 88.9 cm³/mol. The van der Waals surface area contributed by atoms with Gasteiger partial charge >= 0.3 is 5.97 Å². The molecule has 0 radical (unpaired) electrons. The molecule has 128 valence electrons. The average molecular weight is 321 g/mol. The highest BCUT2D eigenvalue weighted by molar-refractivity contribution is 5.72. The van der Waals surface area contributed by atoms with Crippen LogP contribution in [-0.4, -0.2) is 33.3 Å². The number of ether oxygens (including phenoxy) is 3. The summed E-state index contributed by atoms with van der Waals surface area (Å²) in [6.45, 7) is 2.15. The van der Waals surface area contributed by atoms with E-state index in [9.17, 15) is 4.79 Å². The number of benzene rings is 1. The van der Waals surface area contributed by atoms with Gasteiger partial charge in [0.25, 0.3) is 0 Å². The Labute approximate surface area is 138 Å². The second-order valence-corrected chi connectivity index (χ2v) is 6.07. The fourth-order valence-electron chi connectivity index (χ4n) is 3.23. The van der Waals surface area contributed by atoms with Crippen LogP contribution in [0.4, 0.5) is 0 Å². The van der Waals surface area contributed by atoms with E-state index >= 15 is 0 Å². The van der Waals surface area contributed by atoms with Crippen LogP contribution in [0, 0.1) is 5.92 Å². The van der Waals surface area contributed by atoms with E-state index < -0.39 is 0 Å². The zero-order valence-corrected chi connectivity index (χ0v) is 14.4. The van der Waals surface area contributed by atoms with Crippen LogP contribution in [0.15, 0.2) is 18.2 Å². The van der Waals surface area contributed by atoms with Crippen LogP contribution in [0.3, 0.4) is 0 Å². The van der Waals surface area contributed by atoms with E-state index in [4.69, 9.17) is 14.2 Å². The van der Waals surface area contributed by atoms with Gasteiger partial charge in [0.05, 0.1) is 27.2 Å². The lowest BCUT2D eigenvalue weighted by atomic mass is 9.85. The number of carbonyl (C=O) groups is 1. The molecule has 1 unspecified atom stereocenters. The van der Waals surface area contributed by atoms with Crippen molar-refractivity contribution in [3.63, 3.8) is 0 Å². The van der Waals surface area contributed by atoms with E-state index in [1.807, 2.05) is 12.1 Å². The lowest BCUT2D eigenvalue weighted by molar-refractivity contribution is -0.146. The summed E-state index contributed by atoms with van der Waals surface area (Å²) >= 11 is 0. The monoisotopic (exact) mass is 321 g/mol. The van der Waals surface area contributed by atoms with E-state index in [1.54, 1.807) is 14.2 Å². The van der Waals surface area contributed by atoms with E-state index in [0.29, 0.717) is 6.04 Å². The molecule has 1 fully saturated rings. The Balaban J connectivity index is 1.92. The molecule has 1 aromatic carbocycles. The van der Waals surface area contributed by atoms with Crippen molar-refractivity contribution in [1.82, 2.24) is 5.32 Å². The highest BCUT2D eigenvalue weighted by atomic mass is 16.5. The quantitative estimate of drug-likeness (QED) is 0.816. The molecule has 0 saturated heterocycles. The Morgan fingerprint density at radius 1 is 1.09 bits per heavy atom. The number of hydrogen-bond acceptors (Lipinski definition) is 5. The van der Waals surface area contributed by atoms with Crippen LogP contribution in [0.25, 0.3) is 0 Å². The summed E-state index contributed by atoms with van der Waals surface area (Å²) in [6.07, 6.45) is 3.78. The Morgan fingerprint density at radius 2 is 1.74 bits per heavy atom. The van der Waals surface area contributed by atoms with Crippen molar-refractivity contribution in [2.45, 2.75) is 44.7 Å². The zero-order valence-electron chi connectivity index (χ0n) is 14.4. The first kappa shape index (κ1) is 17.6. The molecule has 2 rings (SSSR count). The van der Waals surface area contributed by atoms with Crippen LogP contribution in [0.2, 0.25) is 0 Å². The topological polar surface area (TPSA) is 56.8 Å². The number of esters is 1. The minimum Gasteiger partial charge on any atom is -0.493 e. The lowest BCUT2D eigenvalue weighted by Crippen LogP contribution is -2.36. The molecule has 1 aliphatic rings. The third-order valence-corrected chi connectivity index (χ3v) is 4.65. The molecule has 1 aromatic rings. The third-order valence-electron chi connectivity index (χ3n) is 4.65. The van der Waals surface area contributed by atoms with Gasteiger partial charge < -0.3 is 19.5 Å². The van der Waals surface area contributed by atoms with Crippen LogP contribution in [0.1, 0.15) is 44.2 Å². The summed E-state index contributed by atoms with van der Waals surface area (Å²) in [5, 5.41) is 3.65. The molecule has 0 aromatic heterocycles. The van der Waals surface area contributed by atoms with E-state index in [2.05, 4.69) is 18.3 Å². The predicted octanol–water partition coefficient (Wildman–Crippen LogP) is 3.09. The van der Waals surface area contributed by atoms with Gasteiger partial charge in [0.1, 0.15) is 0 Å². The van der Waals surface area contributed by atoms with Crippen molar-refractivity contribution in [3.8, 4) is 11.5 Å². The number of methoxy groups -OCH3 is 3. The number of nitrogens with one attached hydrogen (secondary N) is 1. The van der Waals surface area contributed by atoms with Gasteiger partial charge in [-0.25, -0.2) is 0 Å². The van der Waals surface area contributed by atoms with Crippen LogP contribution < -0.4 is 14.8 Å². The van der Waals surface area contributed by atoms with E-state index in [-0.39, 0.29) is 17.9 Å². The Morgan fingerprint density at radius 3 is 2.30 bits per heavy atom. The molecule has 1 aliphatic carbocycles. The largest absolute Gasteiger partial charge is 0.493 e. The first-order valence-corrected chi connectivity index (χ1v) is 8.14. The summed E-state index contributed by atoms with van der Waals surface area (Å²) in [7, 11) is 4.75. The molecule has 0 spiro atoms. The zero-order chi connectivity index (χ0) is 16.8. The van der Waals surface area contributed by atoms with Gasteiger partial charge in [-0.15, -0.1) is 0 Å². The van der Waals surface area contributed by atoms with E-state index in [1.165, 1.54) is 7.11 Å². The molecular weight excluding hydrogens is 294 g/mol. The maximum absolute atomic E-state index is 11.6. The first-order valence-electron chi connectivity index (χ1n) is 8.14. The van der Waals surface area contributed by atoms with Gasteiger partial charge in [-0.2, -0.15) is 0 Å². The van der Waals surface area contributed by atoms with Crippen molar-refractivity contribution in [1.29, 1.82) is 0 Å². The van der Waals surface area contributed by atoms with Gasteiger partial charge in [0.15, 0.2) is 11.5 Å². The Bertz CT molecular complexity index is 524. The molecule has 1 saturated carbocycles. The maximum atomic E-state index is 11.6. The molecule has 0 bridgehead atoms. The number of hydrogen-bond donors (Lipinski definition) is 1. The number of rotatable bonds is 6. The van der Waals surface area contributed by atoms with Crippen LogP contribution in [-0.2, 0) is 9.53 Å². The lowest BCUT2D eigenvalue weighted by Gasteiger charge is -2.30. The summed E-state index contributed by atoms with van der Waals surface area (Å²) in [4.78, 5) is 11.6. The van der Waals surface area contributed by atoms with Gasteiger partial charge in [0, 0.05) is 12.1 Å². The second kappa shape index (κ2) is 8.20. The molecular formula is C18H27NO4. The fraction of sp³-hybridized carbons (Fsp3) is 0.611. The molecule has 5 heteroatoms. The molecule has 1 atom stereocenters. The summed E-state index contributed by atoms with van der Waals surface area (Å²) in [5.74, 6) is 1.47. The Hall–Kier alpha value is -1.75. The van der Waals surface area contributed by atoms with Gasteiger partial charge in [0.2, 0.25) is 0 Å². The van der Waals surface area contributed by atoms with Crippen molar-refractivity contribution in [2.75, 3.05) is 21.3 Å². The van der Waals surface area contributed by atoms with Crippen molar-refractivity contribution in [3.05, 3.63) is 23.8 Å². The normalized spacial score (nSPS) is 22.3. The van der Waals surface area contributed by atoms with Crippen molar-refractivity contribution in [2.24, 2.45) is 5.92 Å². The highest BCUT2D eigenvalue weighted by Gasteiger charge is 2.27. The molecule has 0 heterocycles. The van der Waals surface area contributed by atoms with Gasteiger partial charge in [-0.05, 0) is 50.3 Å². The van der Waals surface area contributed by atoms with Gasteiger partial charge in [-0.3, -0.25) is 4.79 Å². The number of carbonyl (C=O) groups excluding carboxylic acids is 1. The van der Waals surface area contributed by atoms with Crippen LogP contribution >= 0.6 is 0 Å². The summed E-state index contributed by atoms with van der Waals surface area (Å²) in [6, 6.07) is 6.64. The fourth-order valence-corrected chi connectivity index (χ4v) is 3.23. The minimum absolute atomic E-state index is 0.0643. The molecule has 5 nitrogen and oxygen atoms in total. The second-order valence-electron chi connectivity index (χ2n) is 6.07. The van der Waals surface area contributed by atoms with Gasteiger partial charge in [-0.1, -0.05) is 6.07 Å². The van der Waals surface area contributed by atoms with E-state index in [0.717, 1.165) is 42.7 Å². The van der Waals surface area contributed by atoms with Crippen molar-refractivity contribution < 1.29 is 19.0 Å². The molecule has 0 aliphatic heterocycles. The standard InChI is InChI=1S/C18H27NO4/c1-12(14-7-10-16(21-2)17(11-14)22-3)19-15-8-5-13(6-9-15)18(20)23-4/h7,10-13,15,19H,5-6,8-9H2,1-4H3. The summed E-state index contributed by atoms with van der Waals surface area (Å²) < 4.78 is 15.5. The third kappa shape index (κ3) is 4.38. The highest BCUT2D eigenvalue weighted by Crippen LogP contribution is 2.31. The molecule has 23 heavy (non-hydrogen) atoms. The minimum atomic E-state index is -0.0728. The SMILES string of the molecule is COC(=O)C1CCC(NC(C)c2ccc(OC)c(OC)c2)CC1. The smallest absolute Gasteiger partial charge is 0.308 e. The first-order chi connectivity index (χ1) is 11.1. The molecule has 1 N–H and O–H groups in total. The Kier molecular flexibility index (Phi) is 6.28. The molecule has 0 amide bonds. The van der Waals surface area contributed by atoms with Crippen molar-refractivity contribution >= 4 is 5.97 Å². The summed E-state index contributed by atoms with van der Waals surface area (Å²) in [5.41, 5.74) is 1.16. The maximum Gasteiger partial charge on any atom is 0.308 e.